The van der Waals surface area contributed by atoms with Crippen LogP contribution >= 0.6 is 0 Å². The number of unbranched alkanes of at least 4 members (excludes halogenated alkanes) is 3. The first-order valence-electron chi connectivity index (χ1n) is 7.18. The number of aliphatic hydroxyl groups excluding tert-OH is 1. The highest BCUT2D eigenvalue weighted by atomic mass is 16.6. The molecule has 0 aromatic carbocycles. The third kappa shape index (κ3) is 7.34. The van der Waals surface area contributed by atoms with Crippen LogP contribution in [0.15, 0.2) is 0 Å². The first-order chi connectivity index (χ1) is 9.24. The minimum absolute atomic E-state index is 0.0521. The Balaban J connectivity index is 1.91. The normalized spacial score (nSPS) is 17.3. The maximum absolute atomic E-state index is 11.8. The molecule has 1 aliphatic heterocycles. The third-order valence-corrected chi connectivity index (χ3v) is 3.33. The van der Waals surface area contributed by atoms with Crippen molar-refractivity contribution in [3.8, 4) is 0 Å². The second-order valence-electron chi connectivity index (χ2n) is 4.86. The molecule has 2 amide bonds. The lowest BCUT2D eigenvalue weighted by Crippen LogP contribution is -2.50. The maximum Gasteiger partial charge on any atom is 0.317 e. The summed E-state index contributed by atoms with van der Waals surface area (Å²) in [6, 6.07) is 0.0521. The van der Waals surface area contributed by atoms with Crippen molar-refractivity contribution in [1.82, 2.24) is 15.5 Å². The Labute approximate surface area is 115 Å². The third-order valence-electron chi connectivity index (χ3n) is 3.33. The molecule has 1 fully saturated rings. The van der Waals surface area contributed by atoms with E-state index in [4.69, 9.17) is 4.74 Å². The molecule has 0 aromatic rings. The number of nitrogens with one attached hydrogen (secondary N) is 2. The number of methoxy groups -OCH3 is 1. The zero-order valence-corrected chi connectivity index (χ0v) is 11.9. The lowest BCUT2D eigenvalue weighted by Gasteiger charge is -2.27. The van der Waals surface area contributed by atoms with Gasteiger partial charge in [-0.1, -0.05) is 12.8 Å². The highest BCUT2D eigenvalue weighted by molar-refractivity contribution is 5.74. The number of hydrogen-bond acceptors (Lipinski definition) is 4. The molecular formula is C13H27N3O3. The molecule has 1 atom stereocenters. The minimum Gasteiger partial charge on any atom is -0.368 e. The Morgan fingerprint density at radius 1 is 1.32 bits per heavy atom. The monoisotopic (exact) mass is 273 g/mol. The molecular weight excluding hydrogens is 246 g/mol. The van der Waals surface area contributed by atoms with E-state index >= 15 is 0 Å². The van der Waals surface area contributed by atoms with E-state index in [0.29, 0.717) is 6.42 Å². The van der Waals surface area contributed by atoms with E-state index in [1.165, 1.54) is 7.11 Å². The number of carbonyl (C=O) groups is 1. The maximum atomic E-state index is 11.8. The standard InChI is InChI=1S/C13H27N3O3/c1-19-12(17)6-4-2-3-5-7-15-13(18)16-10-8-14-9-11-16/h12,14,17H,2-11H2,1H3,(H,15,18). The van der Waals surface area contributed by atoms with Gasteiger partial charge in [-0.3, -0.25) is 0 Å². The van der Waals surface area contributed by atoms with Crippen LogP contribution in [0.4, 0.5) is 4.79 Å². The van der Waals surface area contributed by atoms with Crippen molar-refractivity contribution in [2.24, 2.45) is 0 Å². The van der Waals surface area contributed by atoms with E-state index in [2.05, 4.69) is 10.6 Å². The summed E-state index contributed by atoms with van der Waals surface area (Å²) in [6.45, 7) is 4.08. The quantitative estimate of drug-likeness (QED) is 0.445. The summed E-state index contributed by atoms with van der Waals surface area (Å²) in [7, 11) is 1.51. The zero-order chi connectivity index (χ0) is 13.9. The van der Waals surface area contributed by atoms with Gasteiger partial charge in [0, 0.05) is 39.8 Å². The highest BCUT2D eigenvalue weighted by Gasteiger charge is 2.14. The van der Waals surface area contributed by atoms with Gasteiger partial charge < -0.3 is 25.4 Å². The van der Waals surface area contributed by atoms with Crippen molar-refractivity contribution in [1.29, 1.82) is 0 Å². The average molecular weight is 273 g/mol. The second kappa shape index (κ2) is 10.00. The Morgan fingerprint density at radius 3 is 2.68 bits per heavy atom. The number of hydrogen-bond donors (Lipinski definition) is 3. The van der Waals surface area contributed by atoms with Crippen LogP contribution in [-0.2, 0) is 4.74 Å². The van der Waals surface area contributed by atoms with Crippen molar-refractivity contribution < 1.29 is 14.6 Å². The van der Waals surface area contributed by atoms with Gasteiger partial charge in [0.1, 0.15) is 0 Å². The average Bonchev–Trinajstić information content (AvgIpc) is 2.46. The number of nitrogens with zero attached hydrogens (tertiary/aromatic N) is 1. The molecule has 112 valence electrons. The van der Waals surface area contributed by atoms with E-state index in [0.717, 1.165) is 58.4 Å². The molecule has 0 saturated carbocycles. The zero-order valence-electron chi connectivity index (χ0n) is 11.9. The van der Waals surface area contributed by atoms with Crippen LogP contribution in [0.5, 0.6) is 0 Å². The number of aliphatic hydroxyl groups is 1. The first kappa shape index (κ1) is 16.2. The topological polar surface area (TPSA) is 73.8 Å². The van der Waals surface area contributed by atoms with E-state index in [1.807, 2.05) is 4.90 Å². The molecule has 0 aromatic heterocycles. The van der Waals surface area contributed by atoms with E-state index in [9.17, 15) is 9.90 Å². The number of rotatable bonds is 8. The fraction of sp³-hybridized carbons (Fsp3) is 0.923. The van der Waals surface area contributed by atoms with Crippen LogP contribution in [-0.4, -0.2) is 62.2 Å². The molecule has 0 radical (unpaired) electrons. The molecule has 0 bridgehead atoms. The Bertz CT molecular complexity index is 245. The van der Waals surface area contributed by atoms with Crippen molar-refractivity contribution in [2.75, 3.05) is 39.8 Å². The fourth-order valence-corrected chi connectivity index (χ4v) is 2.09. The molecule has 1 saturated heterocycles. The number of ether oxygens (including phenoxy) is 1. The van der Waals surface area contributed by atoms with Crippen molar-refractivity contribution >= 4 is 6.03 Å². The van der Waals surface area contributed by atoms with Crippen LogP contribution < -0.4 is 10.6 Å². The van der Waals surface area contributed by atoms with E-state index < -0.39 is 6.29 Å². The van der Waals surface area contributed by atoms with Crippen LogP contribution in [0, 0.1) is 0 Å². The molecule has 3 N–H and O–H groups in total. The summed E-state index contributed by atoms with van der Waals surface area (Å²) in [6.07, 6.45) is 4.13. The lowest BCUT2D eigenvalue weighted by atomic mass is 10.1. The highest BCUT2D eigenvalue weighted by Crippen LogP contribution is 2.05. The summed E-state index contributed by atoms with van der Waals surface area (Å²) in [5, 5.41) is 15.4. The second-order valence-corrected chi connectivity index (χ2v) is 4.86. The Morgan fingerprint density at radius 2 is 2.00 bits per heavy atom. The van der Waals surface area contributed by atoms with Gasteiger partial charge >= 0.3 is 6.03 Å². The van der Waals surface area contributed by atoms with Crippen molar-refractivity contribution in [3.63, 3.8) is 0 Å². The molecule has 1 aliphatic rings. The number of urea groups is 1. The molecule has 19 heavy (non-hydrogen) atoms. The smallest absolute Gasteiger partial charge is 0.317 e. The number of carbonyl (C=O) groups excluding carboxylic acids is 1. The first-order valence-corrected chi connectivity index (χ1v) is 7.18. The van der Waals surface area contributed by atoms with E-state index in [1.54, 1.807) is 0 Å². The number of piperazine rings is 1. The Hall–Kier alpha value is -0.850. The van der Waals surface area contributed by atoms with Crippen LogP contribution in [0.3, 0.4) is 0 Å². The molecule has 1 heterocycles. The SMILES string of the molecule is COC(O)CCCCCCNC(=O)N1CCNCC1. The van der Waals surface area contributed by atoms with Crippen molar-refractivity contribution in [3.05, 3.63) is 0 Å². The summed E-state index contributed by atoms with van der Waals surface area (Å²) in [4.78, 5) is 13.6. The predicted octanol–water partition coefficient (Wildman–Crippen LogP) is 0.517. The largest absolute Gasteiger partial charge is 0.368 e. The van der Waals surface area contributed by atoms with Gasteiger partial charge in [-0.05, 0) is 19.3 Å². The molecule has 6 nitrogen and oxygen atoms in total. The van der Waals surface area contributed by atoms with Gasteiger partial charge in [-0.15, -0.1) is 0 Å². The van der Waals surface area contributed by atoms with Gasteiger partial charge in [0.15, 0.2) is 6.29 Å². The summed E-state index contributed by atoms with van der Waals surface area (Å²) in [5.41, 5.74) is 0. The van der Waals surface area contributed by atoms with Crippen LogP contribution in [0.1, 0.15) is 32.1 Å². The molecule has 0 spiro atoms. The van der Waals surface area contributed by atoms with Gasteiger partial charge in [0.25, 0.3) is 0 Å². The molecule has 1 unspecified atom stereocenters. The molecule has 1 rings (SSSR count). The number of amides is 2. The van der Waals surface area contributed by atoms with Crippen LogP contribution in [0.2, 0.25) is 0 Å². The summed E-state index contributed by atoms with van der Waals surface area (Å²) < 4.78 is 4.76. The van der Waals surface area contributed by atoms with E-state index in [-0.39, 0.29) is 6.03 Å². The summed E-state index contributed by atoms with van der Waals surface area (Å²) >= 11 is 0. The minimum atomic E-state index is -0.632. The van der Waals surface area contributed by atoms with Crippen molar-refractivity contribution in [2.45, 2.75) is 38.4 Å². The van der Waals surface area contributed by atoms with Gasteiger partial charge in [0.05, 0.1) is 0 Å². The summed E-state index contributed by atoms with van der Waals surface area (Å²) in [5.74, 6) is 0. The molecule has 6 heteroatoms. The predicted molar refractivity (Wildman–Crippen MR) is 73.9 cm³/mol. The molecule has 0 aliphatic carbocycles. The van der Waals surface area contributed by atoms with Gasteiger partial charge in [-0.2, -0.15) is 0 Å². The van der Waals surface area contributed by atoms with Gasteiger partial charge in [0.2, 0.25) is 0 Å². The Kier molecular flexibility index (Phi) is 8.53. The fourth-order valence-electron chi connectivity index (χ4n) is 2.09. The van der Waals surface area contributed by atoms with Crippen LogP contribution in [0.25, 0.3) is 0 Å². The van der Waals surface area contributed by atoms with Gasteiger partial charge in [-0.25, -0.2) is 4.79 Å². The lowest BCUT2D eigenvalue weighted by molar-refractivity contribution is -0.0793.